The van der Waals surface area contributed by atoms with Gasteiger partial charge in [-0.25, -0.2) is 9.78 Å². The minimum absolute atomic E-state index is 0.0421. The van der Waals surface area contributed by atoms with Crippen molar-refractivity contribution in [2.75, 3.05) is 24.7 Å². The van der Waals surface area contributed by atoms with E-state index in [2.05, 4.69) is 5.32 Å². The van der Waals surface area contributed by atoms with Crippen molar-refractivity contribution in [1.82, 2.24) is 19.9 Å². The van der Waals surface area contributed by atoms with Crippen molar-refractivity contribution >= 4 is 35.2 Å². The summed E-state index contributed by atoms with van der Waals surface area (Å²) in [5.74, 6) is 0.814. The van der Waals surface area contributed by atoms with E-state index in [1.165, 1.54) is 11.8 Å². The number of carbonyl (C=O) groups is 2. The highest BCUT2D eigenvalue weighted by Gasteiger charge is 2.30. The van der Waals surface area contributed by atoms with E-state index >= 15 is 0 Å². The lowest BCUT2D eigenvalue weighted by Gasteiger charge is -2.31. The predicted octanol–water partition coefficient (Wildman–Crippen LogP) is 6.92. The van der Waals surface area contributed by atoms with E-state index in [1.807, 2.05) is 82.3 Å². The van der Waals surface area contributed by atoms with Gasteiger partial charge < -0.3 is 14.8 Å². The Bertz CT molecular complexity index is 1660. The Balaban J connectivity index is 1.44. The fourth-order valence-electron chi connectivity index (χ4n) is 5.33. The largest absolute Gasteiger partial charge is 0.443 e. The maximum absolute atomic E-state index is 13.8. The molecule has 1 aliphatic carbocycles. The van der Waals surface area contributed by atoms with Crippen LogP contribution in [0, 0.1) is 12.8 Å². The zero-order valence-electron chi connectivity index (χ0n) is 25.7. The quantitative estimate of drug-likeness (QED) is 0.216. The Morgan fingerprint density at radius 2 is 1.82 bits per heavy atom. The summed E-state index contributed by atoms with van der Waals surface area (Å²) in [4.78, 5) is 34.4. The number of fused-ring (bicyclic) bond motifs is 1. The van der Waals surface area contributed by atoms with Crippen molar-refractivity contribution in [2.45, 2.75) is 74.9 Å². The van der Waals surface area contributed by atoms with Crippen LogP contribution in [0.25, 0.3) is 16.8 Å². The van der Waals surface area contributed by atoms with Crippen molar-refractivity contribution in [1.29, 1.82) is 0 Å². The van der Waals surface area contributed by atoms with E-state index in [-0.39, 0.29) is 11.8 Å². The first kappa shape index (κ1) is 30.1. The molecule has 3 heterocycles. The van der Waals surface area contributed by atoms with Crippen LogP contribution >= 0.6 is 11.8 Å². The van der Waals surface area contributed by atoms with Gasteiger partial charge >= 0.3 is 6.09 Å². The lowest BCUT2D eigenvalue weighted by molar-refractivity contribution is 0.0512. The number of aromatic nitrogens is 3. The maximum Gasteiger partial charge on any atom is 0.416 e. The van der Waals surface area contributed by atoms with Gasteiger partial charge in [-0.2, -0.15) is 9.61 Å². The Morgan fingerprint density at radius 1 is 1.07 bits per heavy atom. The third-order valence-corrected chi connectivity index (χ3v) is 8.69. The average Bonchev–Trinajstić information content (AvgIpc) is 3.70. The van der Waals surface area contributed by atoms with Gasteiger partial charge in [0.15, 0.2) is 5.65 Å². The Hall–Kier alpha value is -3.89. The van der Waals surface area contributed by atoms with E-state index in [1.54, 1.807) is 15.6 Å². The monoisotopic (exact) mass is 613 g/mol. The molecule has 4 aromatic rings. The molecule has 9 nitrogen and oxygen atoms in total. The lowest BCUT2D eigenvalue weighted by Crippen LogP contribution is -2.41. The molecule has 0 bridgehead atoms. The van der Waals surface area contributed by atoms with E-state index in [0.29, 0.717) is 42.8 Å². The molecule has 1 aliphatic heterocycles. The summed E-state index contributed by atoms with van der Waals surface area (Å²) in [5, 5.41) is 8.57. The minimum Gasteiger partial charge on any atom is -0.443 e. The fraction of sp³-hybridized carbons (Fsp3) is 0.412. The van der Waals surface area contributed by atoms with Crippen LogP contribution in [0.3, 0.4) is 0 Å². The molecule has 2 aromatic heterocycles. The van der Waals surface area contributed by atoms with Gasteiger partial charge in [0, 0.05) is 47.9 Å². The Kier molecular flexibility index (Phi) is 8.64. The van der Waals surface area contributed by atoms with Gasteiger partial charge in [0.1, 0.15) is 16.4 Å². The fourth-order valence-corrected chi connectivity index (χ4v) is 6.16. The molecule has 0 spiro atoms. The maximum atomic E-state index is 13.8. The number of amides is 2. The topological polar surface area (TPSA) is 98.1 Å². The highest BCUT2D eigenvalue weighted by molar-refractivity contribution is 7.99. The van der Waals surface area contributed by atoms with Crippen LogP contribution in [0.4, 0.5) is 10.6 Å². The summed E-state index contributed by atoms with van der Waals surface area (Å²) >= 11 is 1.53. The summed E-state index contributed by atoms with van der Waals surface area (Å²) in [6.45, 7) is 9.40. The number of hydrogen-bond donors (Lipinski definition) is 1. The van der Waals surface area contributed by atoms with Crippen LogP contribution in [0.1, 0.15) is 62.4 Å². The molecule has 1 saturated carbocycles. The molecular formula is C34H39N5O4S. The Labute approximate surface area is 262 Å². The normalized spacial score (nSPS) is 15.7. The molecule has 2 aliphatic rings. The average molecular weight is 614 g/mol. The summed E-state index contributed by atoms with van der Waals surface area (Å²) in [5.41, 5.74) is 3.21. The molecule has 2 fully saturated rings. The zero-order chi connectivity index (χ0) is 30.8. The lowest BCUT2D eigenvalue weighted by atomic mass is 10.00. The molecule has 44 heavy (non-hydrogen) atoms. The van der Waals surface area contributed by atoms with Crippen LogP contribution in [-0.4, -0.2) is 58.0 Å². The third kappa shape index (κ3) is 7.08. The summed E-state index contributed by atoms with van der Waals surface area (Å²) < 4.78 is 13.3. The molecule has 0 radical (unpaired) electrons. The number of rotatable bonds is 8. The molecule has 1 N–H and O–H groups in total. The highest BCUT2D eigenvalue weighted by Crippen LogP contribution is 2.35. The molecule has 6 rings (SSSR count). The molecule has 230 valence electrons. The zero-order valence-corrected chi connectivity index (χ0v) is 26.5. The van der Waals surface area contributed by atoms with Crippen LogP contribution < -0.4 is 10.2 Å². The smallest absolute Gasteiger partial charge is 0.416 e. The van der Waals surface area contributed by atoms with Crippen molar-refractivity contribution in [2.24, 2.45) is 5.92 Å². The molecule has 2 amide bonds. The number of hydrogen-bond acceptors (Lipinski definition) is 7. The molecule has 10 heteroatoms. The summed E-state index contributed by atoms with van der Waals surface area (Å²) in [7, 11) is 0. The van der Waals surface area contributed by atoms with Crippen molar-refractivity contribution in [3.8, 4) is 11.1 Å². The number of nitrogens with one attached hydrogen (secondary N) is 1. The van der Waals surface area contributed by atoms with E-state index in [9.17, 15) is 9.59 Å². The van der Waals surface area contributed by atoms with Crippen molar-refractivity contribution < 1.29 is 19.1 Å². The van der Waals surface area contributed by atoms with Crippen LogP contribution in [0.15, 0.2) is 70.7 Å². The molecule has 1 saturated heterocycles. The van der Waals surface area contributed by atoms with Gasteiger partial charge in [0.2, 0.25) is 0 Å². The van der Waals surface area contributed by atoms with Gasteiger partial charge in [0.25, 0.3) is 5.91 Å². The van der Waals surface area contributed by atoms with Gasteiger partial charge in [-0.05, 0) is 88.6 Å². The van der Waals surface area contributed by atoms with E-state index < -0.39 is 11.7 Å². The first-order valence-corrected chi connectivity index (χ1v) is 16.1. The van der Waals surface area contributed by atoms with E-state index in [4.69, 9.17) is 19.6 Å². The number of anilines is 1. The molecule has 2 aromatic carbocycles. The van der Waals surface area contributed by atoms with E-state index in [0.717, 1.165) is 52.3 Å². The van der Waals surface area contributed by atoms with Gasteiger partial charge in [0.05, 0.1) is 6.20 Å². The predicted molar refractivity (Wildman–Crippen MR) is 171 cm³/mol. The summed E-state index contributed by atoms with van der Waals surface area (Å²) in [6.07, 6.45) is 5.16. The third-order valence-electron chi connectivity index (χ3n) is 7.76. The second-order valence-electron chi connectivity index (χ2n) is 12.6. The number of carbonyl (C=O) groups excluding carboxylic acids is 2. The number of benzene rings is 2. The highest BCUT2D eigenvalue weighted by atomic mass is 32.2. The number of nitrogens with zero attached hydrogens (tertiary/aromatic N) is 4. The van der Waals surface area contributed by atoms with Gasteiger partial charge in [-0.1, -0.05) is 42.1 Å². The van der Waals surface area contributed by atoms with Gasteiger partial charge in [-0.3, -0.25) is 9.69 Å². The summed E-state index contributed by atoms with van der Waals surface area (Å²) in [6, 6.07) is 18.1. The molecule has 0 unspecified atom stereocenters. The van der Waals surface area contributed by atoms with Gasteiger partial charge in [-0.15, -0.1) is 0 Å². The standard InChI is InChI=1S/C34H39N5O4S/c1-22-18-24(10-13-27(22)32(40)36-25-11-12-25)28-20-35-39-30(19-29(37-31(28)39)44-26-8-6-5-7-9-26)38(33(41)43-34(2,3)4)21-23-14-16-42-17-15-23/h5-10,13,18-20,23,25H,11-12,14-17,21H2,1-4H3,(H,36,40). The number of aryl methyl sites for hydroxylation is 1. The minimum atomic E-state index is -0.668. The van der Waals surface area contributed by atoms with Crippen molar-refractivity contribution in [3.63, 3.8) is 0 Å². The first-order valence-electron chi connectivity index (χ1n) is 15.3. The molecular weight excluding hydrogens is 574 g/mol. The van der Waals surface area contributed by atoms with Crippen LogP contribution in [0.2, 0.25) is 0 Å². The number of ether oxygens (including phenoxy) is 2. The molecule has 0 atom stereocenters. The first-order chi connectivity index (χ1) is 21.1. The second-order valence-corrected chi connectivity index (χ2v) is 13.7. The second kappa shape index (κ2) is 12.6. The van der Waals surface area contributed by atoms with Crippen LogP contribution in [0.5, 0.6) is 0 Å². The Morgan fingerprint density at radius 3 is 2.50 bits per heavy atom. The van der Waals surface area contributed by atoms with Crippen molar-refractivity contribution in [3.05, 3.63) is 71.9 Å². The SMILES string of the molecule is Cc1cc(-c2cnn3c(N(CC4CCOCC4)C(=O)OC(C)(C)C)cc(Sc4ccccc4)nc23)ccc1C(=O)NC1CC1. The van der Waals surface area contributed by atoms with Crippen LogP contribution in [-0.2, 0) is 9.47 Å².